The molecule has 2 aliphatic heterocycles. The zero-order valence-electron chi connectivity index (χ0n) is 17.0. The number of ether oxygens (including phenoxy) is 1. The van der Waals surface area contributed by atoms with Crippen LogP contribution >= 0.6 is 0 Å². The smallest absolute Gasteiger partial charge is 0.391 e. The molecule has 0 amide bonds. The van der Waals surface area contributed by atoms with Gasteiger partial charge in [-0.1, -0.05) is 0 Å². The highest BCUT2D eigenvalue weighted by Gasteiger charge is 2.49. The summed E-state index contributed by atoms with van der Waals surface area (Å²) in [5.74, 6) is 0.266. The first-order valence-corrected chi connectivity index (χ1v) is 12.5. The first-order valence-electron chi connectivity index (χ1n) is 10.7. The van der Waals surface area contributed by atoms with Crippen LogP contribution in [0.4, 0.5) is 13.2 Å². The first kappa shape index (κ1) is 21.9. The van der Waals surface area contributed by atoms with E-state index in [1.54, 1.807) is 12.3 Å². The summed E-state index contributed by atoms with van der Waals surface area (Å²) >= 11 is 0. The predicted octanol–water partition coefficient (Wildman–Crippen LogP) is 3.81. The monoisotopic (exact) mass is 446 g/mol. The average Bonchev–Trinajstić information content (AvgIpc) is 2.68. The Kier molecular flexibility index (Phi) is 6.05. The molecule has 1 aliphatic carbocycles. The molecule has 30 heavy (non-hydrogen) atoms. The Morgan fingerprint density at radius 1 is 1.13 bits per heavy atom. The van der Waals surface area contributed by atoms with Crippen molar-refractivity contribution >= 4 is 9.84 Å². The Balaban J connectivity index is 1.21. The van der Waals surface area contributed by atoms with Gasteiger partial charge in [0.25, 0.3) is 0 Å². The van der Waals surface area contributed by atoms with E-state index in [1.165, 1.54) is 0 Å². The lowest BCUT2D eigenvalue weighted by Gasteiger charge is -2.47. The largest absolute Gasteiger partial charge is 0.492 e. The van der Waals surface area contributed by atoms with Crippen LogP contribution in [0.15, 0.2) is 18.3 Å². The third-order valence-electron chi connectivity index (χ3n) is 7.01. The van der Waals surface area contributed by atoms with E-state index >= 15 is 0 Å². The molecule has 0 atom stereocenters. The van der Waals surface area contributed by atoms with Crippen molar-refractivity contribution in [1.29, 1.82) is 0 Å². The van der Waals surface area contributed by atoms with E-state index in [0.29, 0.717) is 36.7 Å². The Bertz CT molecular complexity index is 829. The lowest BCUT2D eigenvalue weighted by Crippen LogP contribution is -2.54. The molecule has 1 saturated carbocycles. The maximum absolute atomic E-state index is 12.9. The number of halogens is 3. The summed E-state index contributed by atoms with van der Waals surface area (Å²) in [5, 5.41) is 0. The van der Waals surface area contributed by atoms with Crippen molar-refractivity contribution in [3.05, 3.63) is 24.0 Å². The normalized spacial score (nSPS) is 28.8. The quantitative estimate of drug-likeness (QED) is 0.689. The number of likely N-dealkylation sites (tertiary alicyclic amines) is 1. The number of sulfone groups is 1. The van der Waals surface area contributed by atoms with Gasteiger partial charge in [-0.25, -0.2) is 8.42 Å². The number of hydrogen-bond acceptors (Lipinski definition) is 5. The van der Waals surface area contributed by atoms with E-state index < -0.39 is 21.9 Å². The highest BCUT2D eigenvalue weighted by Crippen LogP contribution is 2.43. The molecule has 3 aliphatic rings. The number of nitrogens with zero attached hydrogens (tertiary/aromatic N) is 2. The second kappa shape index (κ2) is 8.30. The maximum Gasteiger partial charge on any atom is 0.391 e. The van der Waals surface area contributed by atoms with Crippen molar-refractivity contribution in [2.75, 3.05) is 37.7 Å². The zero-order valence-corrected chi connectivity index (χ0v) is 17.8. The molecule has 4 rings (SSSR count). The molecule has 0 unspecified atom stereocenters. The third kappa shape index (κ3) is 5.10. The van der Waals surface area contributed by atoms with Gasteiger partial charge in [0.2, 0.25) is 0 Å². The molecule has 3 fully saturated rings. The van der Waals surface area contributed by atoms with Crippen LogP contribution in [0.3, 0.4) is 0 Å². The van der Waals surface area contributed by atoms with E-state index in [1.807, 2.05) is 6.07 Å². The van der Waals surface area contributed by atoms with Crippen LogP contribution in [-0.2, 0) is 9.84 Å². The third-order valence-corrected chi connectivity index (χ3v) is 9.11. The van der Waals surface area contributed by atoms with Gasteiger partial charge in [0, 0.05) is 35.8 Å². The van der Waals surface area contributed by atoms with Crippen LogP contribution in [-0.4, -0.2) is 62.2 Å². The van der Waals surface area contributed by atoms with Gasteiger partial charge in [0.15, 0.2) is 9.84 Å². The maximum atomic E-state index is 12.9. The van der Waals surface area contributed by atoms with Gasteiger partial charge in [0.05, 0.1) is 17.4 Å². The van der Waals surface area contributed by atoms with Crippen molar-refractivity contribution in [2.45, 2.75) is 50.6 Å². The molecule has 2 saturated heterocycles. The molecule has 0 N–H and O–H groups in total. The Hall–Kier alpha value is -1.35. The summed E-state index contributed by atoms with van der Waals surface area (Å²) in [6.07, 6.45) is 0.764. The molecule has 0 radical (unpaired) electrons. The van der Waals surface area contributed by atoms with E-state index in [2.05, 4.69) is 9.88 Å². The van der Waals surface area contributed by atoms with Crippen molar-refractivity contribution in [3.8, 4) is 5.75 Å². The lowest BCUT2D eigenvalue weighted by atomic mass is 9.80. The molecule has 3 heterocycles. The molecule has 0 aromatic carbocycles. The molecule has 5 nitrogen and oxygen atoms in total. The Morgan fingerprint density at radius 3 is 2.40 bits per heavy atom. The van der Waals surface area contributed by atoms with Gasteiger partial charge < -0.3 is 4.74 Å². The minimum atomic E-state index is -4.09. The highest BCUT2D eigenvalue weighted by atomic mass is 32.2. The summed E-state index contributed by atoms with van der Waals surface area (Å²) in [5.41, 5.74) is 0.834. The van der Waals surface area contributed by atoms with E-state index in [-0.39, 0.29) is 24.2 Å². The van der Waals surface area contributed by atoms with Crippen LogP contribution in [0.25, 0.3) is 0 Å². The molecule has 168 valence electrons. The van der Waals surface area contributed by atoms with Gasteiger partial charge in [0.1, 0.15) is 12.4 Å². The Morgan fingerprint density at radius 2 is 1.80 bits per heavy atom. The number of rotatable bonds is 5. The molecule has 1 spiro atoms. The number of hydrogen-bond donors (Lipinski definition) is 0. The van der Waals surface area contributed by atoms with Crippen LogP contribution in [0.1, 0.15) is 50.1 Å². The summed E-state index contributed by atoms with van der Waals surface area (Å²) in [6.45, 7) is 3.08. The van der Waals surface area contributed by atoms with Crippen molar-refractivity contribution < 1.29 is 26.3 Å². The Labute approximate surface area is 175 Å². The predicted molar refractivity (Wildman–Crippen MR) is 107 cm³/mol. The van der Waals surface area contributed by atoms with E-state index in [9.17, 15) is 21.6 Å². The number of alkyl halides is 3. The molecule has 1 aromatic heterocycles. The minimum Gasteiger partial charge on any atom is -0.492 e. The summed E-state index contributed by atoms with van der Waals surface area (Å²) < 4.78 is 67.4. The molecule has 9 heteroatoms. The van der Waals surface area contributed by atoms with Crippen LogP contribution < -0.4 is 4.74 Å². The second-order valence-electron chi connectivity index (χ2n) is 9.23. The van der Waals surface area contributed by atoms with Crippen molar-refractivity contribution in [1.82, 2.24) is 9.88 Å². The van der Waals surface area contributed by atoms with Crippen molar-refractivity contribution in [2.24, 2.45) is 11.3 Å². The van der Waals surface area contributed by atoms with E-state index in [4.69, 9.17) is 4.74 Å². The first-order chi connectivity index (χ1) is 14.1. The topological polar surface area (TPSA) is 59.5 Å². The van der Waals surface area contributed by atoms with Crippen LogP contribution in [0, 0.1) is 11.3 Å². The summed E-state index contributed by atoms with van der Waals surface area (Å²) in [4.78, 5) is 6.67. The number of piperidine rings is 1. The van der Waals surface area contributed by atoms with E-state index in [0.717, 1.165) is 38.2 Å². The van der Waals surface area contributed by atoms with Crippen LogP contribution in [0.5, 0.6) is 5.75 Å². The number of pyridine rings is 1. The minimum absolute atomic E-state index is 0.0152. The second-order valence-corrected chi connectivity index (χ2v) is 11.3. The fourth-order valence-electron chi connectivity index (χ4n) is 5.18. The lowest BCUT2D eigenvalue weighted by molar-refractivity contribution is -0.182. The molecule has 0 bridgehead atoms. The van der Waals surface area contributed by atoms with Gasteiger partial charge in [-0.3, -0.25) is 9.88 Å². The van der Waals surface area contributed by atoms with Gasteiger partial charge in [-0.05, 0) is 57.7 Å². The van der Waals surface area contributed by atoms with Crippen molar-refractivity contribution in [3.63, 3.8) is 0 Å². The molecule has 1 aromatic rings. The van der Waals surface area contributed by atoms with Gasteiger partial charge in [-0.2, -0.15) is 13.2 Å². The standard InChI is InChI=1S/C21H29F3N2O3S/c22-21(23,24)17-3-1-16(2-4-17)19-13-18(5-8-25-19)29-12-11-26-9-6-20(7-10-26)14-30(27,28)15-20/h5,8,13,16-17H,1-4,6-7,9-12,14-15H2. The van der Waals surface area contributed by atoms with Crippen LogP contribution in [0.2, 0.25) is 0 Å². The summed E-state index contributed by atoms with van der Waals surface area (Å²) in [7, 11) is -2.79. The zero-order chi connectivity index (χ0) is 21.4. The fourth-order valence-corrected chi connectivity index (χ4v) is 7.54. The fraction of sp³-hybridized carbons (Fsp3) is 0.762. The molecular weight excluding hydrogens is 417 g/mol. The average molecular weight is 447 g/mol. The molecular formula is C21H29F3N2O3S. The van der Waals surface area contributed by atoms with Gasteiger partial charge >= 0.3 is 6.18 Å². The number of aromatic nitrogens is 1. The SMILES string of the molecule is O=S1(=O)CC2(CCN(CCOc3ccnc(C4CCC(C(F)(F)F)CC4)c3)CC2)C1. The van der Waals surface area contributed by atoms with Gasteiger partial charge in [-0.15, -0.1) is 0 Å². The highest BCUT2D eigenvalue weighted by molar-refractivity contribution is 7.92. The summed E-state index contributed by atoms with van der Waals surface area (Å²) in [6, 6.07) is 3.65.